The molecule has 0 bridgehead atoms. The van der Waals surface area contributed by atoms with E-state index in [9.17, 15) is 4.79 Å². The van der Waals surface area contributed by atoms with Crippen molar-refractivity contribution in [2.45, 2.75) is 84.1 Å². The van der Waals surface area contributed by atoms with Crippen LogP contribution in [0.5, 0.6) is 0 Å². The van der Waals surface area contributed by atoms with E-state index in [4.69, 9.17) is 0 Å². The van der Waals surface area contributed by atoms with Crippen molar-refractivity contribution in [2.24, 2.45) is 0 Å². The van der Waals surface area contributed by atoms with Gasteiger partial charge in [0.25, 0.3) is 0 Å². The van der Waals surface area contributed by atoms with E-state index in [1.807, 2.05) is 30.3 Å². The van der Waals surface area contributed by atoms with Gasteiger partial charge in [-0.3, -0.25) is 4.79 Å². The molecule has 0 aliphatic carbocycles. The number of anilines is 1. The summed E-state index contributed by atoms with van der Waals surface area (Å²) in [6.45, 7) is 4.42. The summed E-state index contributed by atoms with van der Waals surface area (Å²) in [4.78, 5) is 12.5. The Morgan fingerprint density at radius 1 is 0.909 bits per heavy atom. The Balaban J connectivity index is 2.47. The molecule has 0 radical (unpaired) electrons. The van der Waals surface area contributed by atoms with Gasteiger partial charge in [0.05, 0.1) is 6.04 Å². The summed E-state index contributed by atoms with van der Waals surface area (Å²) in [5.41, 5.74) is 1.06. The lowest BCUT2D eigenvalue weighted by Crippen LogP contribution is -2.29. The highest BCUT2D eigenvalue weighted by molar-refractivity contribution is 5.86. The standard InChI is InChI=1S/C20H33NO/c1-3-5-7-12-16-19(20(22)17-13-8-6-4-2)21-18-14-10-9-11-15-18/h9-11,14-15,19,21H,3-8,12-13,16-17H2,1-2H3. The predicted octanol–water partition coefficient (Wildman–Crippen LogP) is 5.98. The third-order valence-corrected chi connectivity index (χ3v) is 4.13. The van der Waals surface area contributed by atoms with Crippen LogP contribution in [0.1, 0.15) is 78.1 Å². The third-order valence-electron chi connectivity index (χ3n) is 4.13. The Hall–Kier alpha value is -1.31. The van der Waals surface area contributed by atoms with Crippen LogP contribution in [0, 0.1) is 0 Å². The first kappa shape index (κ1) is 18.7. The molecule has 0 aliphatic heterocycles. The first-order valence-electron chi connectivity index (χ1n) is 9.12. The third kappa shape index (κ3) is 8.21. The zero-order chi connectivity index (χ0) is 16.0. The van der Waals surface area contributed by atoms with Crippen molar-refractivity contribution >= 4 is 11.5 Å². The van der Waals surface area contributed by atoms with Gasteiger partial charge in [-0.25, -0.2) is 0 Å². The zero-order valence-corrected chi connectivity index (χ0v) is 14.4. The van der Waals surface area contributed by atoms with E-state index >= 15 is 0 Å². The molecule has 0 aromatic heterocycles. The Bertz CT molecular complexity index is 388. The molecule has 1 aromatic carbocycles. The van der Waals surface area contributed by atoms with Crippen LogP contribution in [0.2, 0.25) is 0 Å². The Morgan fingerprint density at radius 3 is 2.18 bits per heavy atom. The summed E-state index contributed by atoms with van der Waals surface area (Å²) in [6.07, 6.45) is 11.2. The number of hydrogen-bond donors (Lipinski definition) is 1. The van der Waals surface area contributed by atoms with Crippen molar-refractivity contribution in [3.05, 3.63) is 30.3 Å². The first-order valence-corrected chi connectivity index (χ1v) is 9.12. The Morgan fingerprint density at radius 2 is 1.55 bits per heavy atom. The second-order valence-corrected chi connectivity index (χ2v) is 6.19. The summed E-state index contributed by atoms with van der Waals surface area (Å²) in [7, 11) is 0. The molecule has 2 heteroatoms. The Kier molecular flexibility index (Phi) is 10.4. The minimum atomic E-state index is -0.0131. The van der Waals surface area contributed by atoms with Crippen LogP contribution < -0.4 is 5.32 Å². The SMILES string of the molecule is CCCCCCC(=O)C(CCCCCC)Nc1ccccc1. The van der Waals surface area contributed by atoms with Crippen LogP contribution in [-0.4, -0.2) is 11.8 Å². The van der Waals surface area contributed by atoms with Crippen molar-refractivity contribution in [1.82, 2.24) is 0 Å². The molecule has 1 aromatic rings. The van der Waals surface area contributed by atoms with Crippen LogP contribution in [0.4, 0.5) is 5.69 Å². The van der Waals surface area contributed by atoms with Gasteiger partial charge < -0.3 is 5.32 Å². The predicted molar refractivity (Wildman–Crippen MR) is 96.4 cm³/mol. The normalized spacial score (nSPS) is 12.1. The fourth-order valence-electron chi connectivity index (χ4n) is 2.72. The molecular formula is C20H33NO. The molecule has 124 valence electrons. The molecular weight excluding hydrogens is 270 g/mol. The minimum absolute atomic E-state index is 0.0131. The van der Waals surface area contributed by atoms with Gasteiger partial charge in [-0.05, 0) is 25.0 Å². The van der Waals surface area contributed by atoms with Crippen molar-refractivity contribution in [2.75, 3.05) is 5.32 Å². The van der Waals surface area contributed by atoms with Gasteiger partial charge in [0.15, 0.2) is 5.78 Å². The van der Waals surface area contributed by atoms with Crippen molar-refractivity contribution in [3.63, 3.8) is 0 Å². The molecule has 0 saturated heterocycles. The molecule has 0 fully saturated rings. The highest BCUT2D eigenvalue weighted by atomic mass is 16.1. The van der Waals surface area contributed by atoms with Crippen LogP contribution >= 0.6 is 0 Å². The highest BCUT2D eigenvalue weighted by Gasteiger charge is 2.17. The number of para-hydroxylation sites is 1. The molecule has 1 N–H and O–H groups in total. The lowest BCUT2D eigenvalue weighted by Gasteiger charge is -2.19. The molecule has 1 rings (SSSR count). The van der Waals surface area contributed by atoms with Gasteiger partial charge in [0.2, 0.25) is 0 Å². The van der Waals surface area contributed by atoms with Gasteiger partial charge in [0.1, 0.15) is 0 Å². The largest absolute Gasteiger partial charge is 0.375 e. The zero-order valence-electron chi connectivity index (χ0n) is 14.4. The number of nitrogens with one attached hydrogen (secondary N) is 1. The second-order valence-electron chi connectivity index (χ2n) is 6.19. The van der Waals surface area contributed by atoms with Gasteiger partial charge in [-0.15, -0.1) is 0 Å². The maximum absolute atomic E-state index is 12.5. The molecule has 1 atom stereocenters. The molecule has 1 unspecified atom stereocenters. The molecule has 0 amide bonds. The maximum atomic E-state index is 12.5. The van der Waals surface area contributed by atoms with Gasteiger partial charge in [-0.2, -0.15) is 0 Å². The van der Waals surface area contributed by atoms with Crippen molar-refractivity contribution < 1.29 is 4.79 Å². The van der Waals surface area contributed by atoms with E-state index in [2.05, 4.69) is 19.2 Å². The second kappa shape index (κ2) is 12.3. The molecule has 0 aliphatic rings. The topological polar surface area (TPSA) is 29.1 Å². The average molecular weight is 303 g/mol. The van der Waals surface area contributed by atoms with Crippen molar-refractivity contribution in [3.8, 4) is 0 Å². The van der Waals surface area contributed by atoms with E-state index in [0.29, 0.717) is 5.78 Å². The van der Waals surface area contributed by atoms with Gasteiger partial charge >= 0.3 is 0 Å². The van der Waals surface area contributed by atoms with E-state index in [1.165, 1.54) is 38.5 Å². The lowest BCUT2D eigenvalue weighted by atomic mass is 9.99. The number of carbonyl (C=O) groups is 1. The van der Waals surface area contributed by atoms with Crippen molar-refractivity contribution in [1.29, 1.82) is 0 Å². The lowest BCUT2D eigenvalue weighted by molar-refractivity contribution is -0.120. The van der Waals surface area contributed by atoms with Crippen LogP contribution in [0.15, 0.2) is 30.3 Å². The van der Waals surface area contributed by atoms with E-state index in [-0.39, 0.29) is 6.04 Å². The number of benzene rings is 1. The van der Waals surface area contributed by atoms with Crippen LogP contribution in [-0.2, 0) is 4.79 Å². The van der Waals surface area contributed by atoms with Crippen LogP contribution in [0.3, 0.4) is 0 Å². The Labute approximate surface area is 136 Å². The monoisotopic (exact) mass is 303 g/mol. The summed E-state index contributed by atoms with van der Waals surface area (Å²) in [5.74, 6) is 0.386. The number of unbranched alkanes of at least 4 members (excludes halogenated alkanes) is 6. The van der Waals surface area contributed by atoms with E-state index < -0.39 is 0 Å². The molecule has 0 heterocycles. The minimum Gasteiger partial charge on any atom is -0.375 e. The highest BCUT2D eigenvalue weighted by Crippen LogP contribution is 2.15. The van der Waals surface area contributed by atoms with E-state index in [0.717, 1.165) is 31.4 Å². The van der Waals surface area contributed by atoms with E-state index in [1.54, 1.807) is 0 Å². The fraction of sp³-hybridized carbons (Fsp3) is 0.650. The summed E-state index contributed by atoms with van der Waals surface area (Å²) in [5, 5.41) is 3.45. The quantitative estimate of drug-likeness (QED) is 0.454. The van der Waals surface area contributed by atoms with Crippen LogP contribution in [0.25, 0.3) is 0 Å². The molecule has 2 nitrogen and oxygen atoms in total. The molecule has 22 heavy (non-hydrogen) atoms. The number of Topliss-reactive ketones (excluding diaryl/α,β-unsaturated/α-hetero) is 1. The number of hydrogen-bond acceptors (Lipinski definition) is 2. The molecule has 0 saturated carbocycles. The number of carbonyl (C=O) groups excluding carboxylic acids is 1. The van der Waals surface area contributed by atoms with Gasteiger partial charge in [0, 0.05) is 12.1 Å². The summed E-state index contributed by atoms with van der Waals surface area (Å²) >= 11 is 0. The molecule has 0 spiro atoms. The smallest absolute Gasteiger partial charge is 0.155 e. The summed E-state index contributed by atoms with van der Waals surface area (Å²) in [6, 6.07) is 10.1. The maximum Gasteiger partial charge on any atom is 0.155 e. The number of rotatable bonds is 13. The average Bonchev–Trinajstić information content (AvgIpc) is 2.55. The summed E-state index contributed by atoms with van der Waals surface area (Å²) < 4.78 is 0. The van der Waals surface area contributed by atoms with Gasteiger partial charge in [-0.1, -0.05) is 77.0 Å². The fourth-order valence-corrected chi connectivity index (χ4v) is 2.72. The first-order chi connectivity index (χ1) is 10.8. The number of ketones is 1.